The number of hydrogen-bond donors (Lipinski definition) is 1. The highest BCUT2D eigenvalue weighted by atomic mass is 35.5. The molecule has 6 heteroatoms. The van der Waals surface area contributed by atoms with Crippen LogP contribution in [-0.4, -0.2) is 10.8 Å². The first kappa shape index (κ1) is 15.7. The van der Waals surface area contributed by atoms with Gasteiger partial charge in [0.25, 0.3) is 5.69 Å². The SMILES string of the molecule is O=C(C=Cc1ccc(Cl)c([N+](=O)[O-])c1)NCc1ccccc1. The van der Waals surface area contributed by atoms with Crippen LogP contribution in [0.25, 0.3) is 6.08 Å². The maximum absolute atomic E-state index is 11.7. The number of nitro groups is 1. The largest absolute Gasteiger partial charge is 0.348 e. The number of rotatable bonds is 5. The summed E-state index contributed by atoms with van der Waals surface area (Å²) in [6, 6.07) is 13.9. The van der Waals surface area contributed by atoms with Crippen molar-refractivity contribution >= 4 is 29.3 Å². The number of carbonyl (C=O) groups is 1. The summed E-state index contributed by atoms with van der Waals surface area (Å²) in [7, 11) is 0. The minimum atomic E-state index is -0.560. The van der Waals surface area contributed by atoms with Crippen LogP contribution in [0.3, 0.4) is 0 Å². The van der Waals surface area contributed by atoms with Gasteiger partial charge in [0.1, 0.15) is 5.02 Å². The van der Waals surface area contributed by atoms with Crippen molar-refractivity contribution in [1.82, 2.24) is 5.32 Å². The van der Waals surface area contributed by atoms with E-state index in [4.69, 9.17) is 11.6 Å². The summed E-state index contributed by atoms with van der Waals surface area (Å²) in [6.45, 7) is 0.421. The van der Waals surface area contributed by atoms with Crippen molar-refractivity contribution in [3.05, 3.63) is 80.9 Å². The molecular formula is C16H13ClN2O3. The third-order valence-electron chi connectivity index (χ3n) is 2.90. The van der Waals surface area contributed by atoms with E-state index in [1.807, 2.05) is 30.3 Å². The lowest BCUT2D eigenvalue weighted by Gasteiger charge is -2.02. The molecule has 0 aliphatic heterocycles. The first-order chi connectivity index (χ1) is 10.6. The van der Waals surface area contributed by atoms with Crippen LogP contribution in [0.4, 0.5) is 5.69 Å². The van der Waals surface area contributed by atoms with Crippen LogP contribution < -0.4 is 5.32 Å². The second-order valence-corrected chi connectivity index (χ2v) is 4.91. The topological polar surface area (TPSA) is 72.2 Å². The van der Waals surface area contributed by atoms with Crippen molar-refractivity contribution in [2.75, 3.05) is 0 Å². The number of hydrogen-bond acceptors (Lipinski definition) is 3. The van der Waals surface area contributed by atoms with Gasteiger partial charge in [-0.3, -0.25) is 14.9 Å². The molecule has 22 heavy (non-hydrogen) atoms. The molecule has 0 aliphatic rings. The summed E-state index contributed by atoms with van der Waals surface area (Å²) >= 11 is 5.73. The zero-order chi connectivity index (χ0) is 15.9. The third-order valence-corrected chi connectivity index (χ3v) is 3.22. The Bertz CT molecular complexity index is 715. The molecule has 1 N–H and O–H groups in total. The van der Waals surface area contributed by atoms with Gasteiger partial charge >= 0.3 is 0 Å². The van der Waals surface area contributed by atoms with E-state index in [2.05, 4.69) is 5.32 Å². The lowest BCUT2D eigenvalue weighted by atomic mass is 10.2. The predicted octanol–water partition coefficient (Wildman–Crippen LogP) is 3.58. The van der Waals surface area contributed by atoms with Crippen LogP contribution in [0.1, 0.15) is 11.1 Å². The number of nitrogens with zero attached hydrogens (tertiary/aromatic N) is 1. The van der Waals surface area contributed by atoms with Gasteiger partial charge < -0.3 is 5.32 Å². The Balaban J connectivity index is 1.98. The molecule has 1 amide bonds. The van der Waals surface area contributed by atoms with E-state index in [9.17, 15) is 14.9 Å². The fraction of sp³-hybridized carbons (Fsp3) is 0.0625. The molecule has 5 nitrogen and oxygen atoms in total. The number of benzene rings is 2. The molecule has 0 unspecified atom stereocenters. The molecule has 0 bridgehead atoms. The predicted molar refractivity (Wildman–Crippen MR) is 85.4 cm³/mol. The Morgan fingerprint density at radius 1 is 1.23 bits per heavy atom. The molecule has 0 heterocycles. The normalized spacial score (nSPS) is 10.6. The first-order valence-corrected chi connectivity index (χ1v) is 6.88. The van der Waals surface area contributed by atoms with Crippen molar-refractivity contribution in [3.8, 4) is 0 Å². The lowest BCUT2D eigenvalue weighted by Crippen LogP contribution is -2.20. The number of carbonyl (C=O) groups excluding carboxylic acids is 1. The molecule has 112 valence electrons. The zero-order valence-electron chi connectivity index (χ0n) is 11.5. The molecule has 0 radical (unpaired) electrons. The highest BCUT2D eigenvalue weighted by Gasteiger charge is 2.11. The summed E-state index contributed by atoms with van der Waals surface area (Å²) in [6.07, 6.45) is 2.83. The number of amides is 1. The molecule has 2 aromatic carbocycles. The second kappa shape index (κ2) is 7.38. The average Bonchev–Trinajstić information content (AvgIpc) is 2.53. The van der Waals surface area contributed by atoms with E-state index < -0.39 is 4.92 Å². The van der Waals surface area contributed by atoms with Crippen LogP contribution in [0, 0.1) is 10.1 Å². The average molecular weight is 317 g/mol. The van der Waals surface area contributed by atoms with Gasteiger partial charge in [-0.05, 0) is 23.3 Å². The van der Waals surface area contributed by atoms with Crippen molar-refractivity contribution in [2.24, 2.45) is 0 Å². The Hall–Kier alpha value is -2.66. The van der Waals surface area contributed by atoms with Crippen LogP contribution in [0.15, 0.2) is 54.6 Å². The minimum absolute atomic E-state index is 0.0654. The van der Waals surface area contributed by atoms with E-state index in [-0.39, 0.29) is 16.6 Å². The van der Waals surface area contributed by atoms with Gasteiger partial charge in [0.05, 0.1) is 4.92 Å². The van der Waals surface area contributed by atoms with Gasteiger partial charge in [-0.15, -0.1) is 0 Å². The van der Waals surface area contributed by atoms with Crippen molar-refractivity contribution in [2.45, 2.75) is 6.54 Å². The van der Waals surface area contributed by atoms with Crippen LogP contribution >= 0.6 is 11.6 Å². The van der Waals surface area contributed by atoms with E-state index in [0.717, 1.165) is 5.56 Å². The van der Waals surface area contributed by atoms with E-state index in [0.29, 0.717) is 12.1 Å². The first-order valence-electron chi connectivity index (χ1n) is 6.50. The Kier molecular flexibility index (Phi) is 5.27. The van der Waals surface area contributed by atoms with Gasteiger partial charge in [-0.25, -0.2) is 0 Å². The van der Waals surface area contributed by atoms with Crippen LogP contribution in [0.5, 0.6) is 0 Å². The molecule has 0 saturated heterocycles. The summed E-state index contributed by atoms with van der Waals surface area (Å²) in [4.78, 5) is 21.9. The molecule has 0 fully saturated rings. The molecule has 2 aromatic rings. The maximum Gasteiger partial charge on any atom is 0.288 e. The Morgan fingerprint density at radius 2 is 1.95 bits per heavy atom. The monoisotopic (exact) mass is 316 g/mol. The van der Waals surface area contributed by atoms with E-state index in [1.165, 1.54) is 24.3 Å². The highest BCUT2D eigenvalue weighted by Crippen LogP contribution is 2.25. The number of halogens is 1. The van der Waals surface area contributed by atoms with E-state index >= 15 is 0 Å². The fourth-order valence-electron chi connectivity index (χ4n) is 1.79. The zero-order valence-corrected chi connectivity index (χ0v) is 12.3. The highest BCUT2D eigenvalue weighted by molar-refractivity contribution is 6.32. The quantitative estimate of drug-likeness (QED) is 0.520. The summed E-state index contributed by atoms with van der Waals surface area (Å²) in [5.74, 6) is -0.276. The van der Waals surface area contributed by atoms with Crippen molar-refractivity contribution < 1.29 is 9.72 Å². The Labute approximate surface area is 132 Å². The fourth-order valence-corrected chi connectivity index (χ4v) is 1.98. The molecule has 0 spiro atoms. The van der Waals surface area contributed by atoms with Crippen LogP contribution in [0.2, 0.25) is 5.02 Å². The molecule has 0 saturated carbocycles. The smallest absolute Gasteiger partial charge is 0.288 e. The van der Waals surface area contributed by atoms with E-state index in [1.54, 1.807) is 6.07 Å². The van der Waals surface area contributed by atoms with Crippen molar-refractivity contribution in [1.29, 1.82) is 0 Å². The van der Waals surface area contributed by atoms with Gasteiger partial charge in [-0.2, -0.15) is 0 Å². The molecule has 2 rings (SSSR count). The van der Waals surface area contributed by atoms with Gasteiger partial charge in [-0.1, -0.05) is 48.0 Å². The lowest BCUT2D eigenvalue weighted by molar-refractivity contribution is -0.384. The molecule has 0 atom stereocenters. The molecule has 0 aromatic heterocycles. The molecule has 0 aliphatic carbocycles. The third kappa shape index (κ3) is 4.43. The van der Waals surface area contributed by atoms with Gasteiger partial charge in [0.2, 0.25) is 5.91 Å². The molecular weight excluding hydrogens is 304 g/mol. The Morgan fingerprint density at radius 3 is 2.64 bits per heavy atom. The summed E-state index contributed by atoms with van der Waals surface area (Å²) < 4.78 is 0. The van der Waals surface area contributed by atoms with Crippen molar-refractivity contribution in [3.63, 3.8) is 0 Å². The maximum atomic E-state index is 11.7. The minimum Gasteiger partial charge on any atom is -0.348 e. The second-order valence-electron chi connectivity index (χ2n) is 4.50. The van der Waals surface area contributed by atoms with Gasteiger partial charge in [0, 0.05) is 18.7 Å². The van der Waals surface area contributed by atoms with Gasteiger partial charge in [0.15, 0.2) is 0 Å². The summed E-state index contributed by atoms with van der Waals surface area (Å²) in [5.41, 5.74) is 1.34. The van der Waals surface area contributed by atoms with Crippen LogP contribution in [-0.2, 0) is 11.3 Å². The summed E-state index contributed by atoms with van der Waals surface area (Å²) in [5, 5.41) is 13.6. The number of nitrogens with one attached hydrogen (secondary N) is 1. The number of nitro benzene ring substituents is 1. The standard InChI is InChI=1S/C16H13ClN2O3/c17-14-8-6-12(10-15(14)19(21)22)7-9-16(20)18-11-13-4-2-1-3-5-13/h1-10H,11H2,(H,18,20).